The number of hydrogen-bond acceptors (Lipinski definition) is 4. The maximum atomic E-state index is 12.6. The van der Waals surface area contributed by atoms with Crippen LogP contribution in [0.2, 0.25) is 0 Å². The van der Waals surface area contributed by atoms with Crippen LogP contribution in [0.5, 0.6) is 5.75 Å². The number of likely N-dealkylation sites (tertiary alicyclic amines) is 1. The van der Waals surface area contributed by atoms with Crippen molar-refractivity contribution in [3.05, 3.63) is 58.1 Å². The highest BCUT2D eigenvalue weighted by Gasteiger charge is 2.23. The summed E-state index contributed by atoms with van der Waals surface area (Å²) in [5.74, 6) is -0.746. The first-order valence-corrected chi connectivity index (χ1v) is 10.6. The summed E-state index contributed by atoms with van der Waals surface area (Å²) in [6.07, 6.45) is 1.79. The lowest BCUT2D eigenvalue weighted by Crippen LogP contribution is -2.46. The second kappa shape index (κ2) is 9.41. The summed E-state index contributed by atoms with van der Waals surface area (Å²) in [6.45, 7) is 6.26. The summed E-state index contributed by atoms with van der Waals surface area (Å²) >= 11 is 3.34. The van der Waals surface area contributed by atoms with Crippen LogP contribution in [-0.2, 0) is 0 Å². The number of phenolic OH excluding ortho intramolecular Hbond substituents is 1. The van der Waals surface area contributed by atoms with Crippen LogP contribution in [0.3, 0.4) is 0 Å². The Morgan fingerprint density at radius 2 is 1.83 bits per heavy atom. The Balaban J connectivity index is 1.60. The molecular formula is C22H26BrN3O3. The highest BCUT2D eigenvalue weighted by Crippen LogP contribution is 2.24. The van der Waals surface area contributed by atoms with E-state index in [9.17, 15) is 14.7 Å². The minimum Gasteiger partial charge on any atom is -0.507 e. The molecule has 0 unspecified atom stereocenters. The summed E-state index contributed by atoms with van der Waals surface area (Å²) in [6, 6.07) is 12.2. The van der Waals surface area contributed by atoms with Crippen LogP contribution < -0.4 is 10.6 Å². The van der Waals surface area contributed by atoms with Gasteiger partial charge in [0.15, 0.2) is 0 Å². The van der Waals surface area contributed by atoms with Gasteiger partial charge in [-0.05, 0) is 57.0 Å². The molecule has 6 nitrogen and oxygen atoms in total. The van der Waals surface area contributed by atoms with E-state index in [0.717, 1.165) is 30.4 Å². The van der Waals surface area contributed by atoms with E-state index in [0.29, 0.717) is 17.3 Å². The average Bonchev–Trinajstić information content (AvgIpc) is 2.68. The number of carbonyl (C=O) groups is 2. The first-order valence-electron chi connectivity index (χ1n) is 9.78. The molecule has 1 aliphatic heterocycles. The highest BCUT2D eigenvalue weighted by atomic mass is 79.9. The van der Waals surface area contributed by atoms with Crippen molar-refractivity contribution in [2.24, 2.45) is 0 Å². The van der Waals surface area contributed by atoms with Crippen molar-refractivity contribution < 1.29 is 14.7 Å². The van der Waals surface area contributed by atoms with Crippen molar-refractivity contribution in [3.8, 4) is 5.75 Å². The zero-order valence-electron chi connectivity index (χ0n) is 16.6. The number of amides is 2. The molecule has 1 aliphatic rings. The lowest BCUT2D eigenvalue weighted by molar-refractivity contribution is 0.0897. The molecule has 0 aliphatic carbocycles. The molecular weight excluding hydrogens is 434 g/mol. The van der Waals surface area contributed by atoms with Crippen molar-refractivity contribution in [3.63, 3.8) is 0 Å². The number of rotatable bonds is 5. The number of hydrogen-bond donors (Lipinski definition) is 3. The standard InChI is InChI=1S/C22H26BrN3O3/c1-14(2)26-10-8-17(9-11-26)24-22(29)19-7-6-18(13-20(19)27)25-21(28)15-4-3-5-16(23)12-15/h3-7,12-14,17,27H,8-11H2,1-2H3,(H,24,29)(H,25,28). The largest absolute Gasteiger partial charge is 0.507 e. The van der Waals surface area contributed by atoms with Crippen LogP contribution >= 0.6 is 15.9 Å². The number of nitrogens with zero attached hydrogens (tertiary/aromatic N) is 1. The van der Waals surface area contributed by atoms with Gasteiger partial charge in [-0.2, -0.15) is 0 Å². The van der Waals surface area contributed by atoms with Crippen LogP contribution in [0.25, 0.3) is 0 Å². The highest BCUT2D eigenvalue weighted by molar-refractivity contribution is 9.10. The van der Waals surface area contributed by atoms with E-state index in [-0.39, 0.29) is 29.2 Å². The number of carbonyl (C=O) groups excluding carboxylic acids is 2. The van der Waals surface area contributed by atoms with Crippen LogP contribution in [0, 0.1) is 0 Å². The predicted molar refractivity (Wildman–Crippen MR) is 117 cm³/mol. The molecule has 154 valence electrons. The number of aromatic hydroxyl groups is 1. The number of nitrogens with one attached hydrogen (secondary N) is 2. The van der Waals surface area contributed by atoms with Crippen molar-refractivity contribution in [1.82, 2.24) is 10.2 Å². The molecule has 3 rings (SSSR count). The Labute approximate surface area is 179 Å². The van der Waals surface area contributed by atoms with Gasteiger partial charge in [0.2, 0.25) is 0 Å². The minimum atomic E-state index is -0.296. The fourth-order valence-electron chi connectivity index (χ4n) is 3.46. The van der Waals surface area contributed by atoms with Gasteiger partial charge in [-0.3, -0.25) is 9.59 Å². The second-order valence-corrected chi connectivity index (χ2v) is 8.49. The SMILES string of the molecule is CC(C)N1CCC(NC(=O)c2ccc(NC(=O)c3cccc(Br)c3)cc2O)CC1. The lowest BCUT2D eigenvalue weighted by atomic mass is 10.0. The van der Waals surface area contributed by atoms with E-state index in [2.05, 4.69) is 45.3 Å². The molecule has 1 heterocycles. The van der Waals surface area contributed by atoms with Crippen LogP contribution in [0.1, 0.15) is 47.4 Å². The van der Waals surface area contributed by atoms with Crippen molar-refractivity contribution in [2.45, 2.75) is 38.8 Å². The maximum Gasteiger partial charge on any atom is 0.255 e. The minimum absolute atomic E-state index is 0.104. The predicted octanol–water partition coefficient (Wildman–Crippen LogP) is 4.01. The first kappa shape index (κ1) is 21.3. The van der Waals surface area contributed by atoms with Crippen LogP contribution in [0.4, 0.5) is 5.69 Å². The van der Waals surface area contributed by atoms with E-state index >= 15 is 0 Å². The average molecular weight is 460 g/mol. The zero-order chi connectivity index (χ0) is 21.0. The Morgan fingerprint density at radius 1 is 1.10 bits per heavy atom. The van der Waals surface area contributed by atoms with E-state index in [1.807, 2.05) is 6.07 Å². The molecule has 0 spiro atoms. The smallest absolute Gasteiger partial charge is 0.255 e. The molecule has 0 aromatic heterocycles. The second-order valence-electron chi connectivity index (χ2n) is 7.57. The fraction of sp³-hybridized carbons (Fsp3) is 0.364. The summed E-state index contributed by atoms with van der Waals surface area (Å²) in [5.41, 5.74) is 1.12. The Bertz CT molecular complexity index is 893. The lowest BCUT2D eigenvalue weighted by Gasteiger charge is -2.34. The van der Waals surface area contributed by atoms with Crippen LogP contribution in [0.15, 0.2) is 46.9 Å². The molecule has 0 atom stereocenters. The van der Waals surface area contributed by atoms with Gasteiger partial charge >= 0.3 is 0 Å². The third-order valence-corrected chi connectivity index (χ3v) is 5.68. The zero-order valence-corrected chi connectivity index (χ0v) is 18.2. The molecule has 1 fully saturated rings. The topological polar surface area (TPSA) is 81.7 Å². The third-order valence-electron chi connectivity index (χ3n) is 5.18. The summed E-state index contributed by atoms with van der Waals surface area (Å²) in [7, 11) is 0. The van der Waals surface area contributed by atoms with Crippen molar-refractivity contribution in [1.29, 1.82) is 0 Å². The normalized spacial score (nSPS) is 15.3. The number of phenols is 1. The molecule has 0 radical (unpaired) electrons. The van der Waals surface area contributed by atoms with Gasteiger partial charge in [-0.15, -0.1) is 0 Å². The Kier molecular flexibility index (Phi) is 6.92. The van der Waals surface area contributed by atoms with Gasteiger partial charge in [0, 0.05) is 47.0 Å². The molecule has 0 bridgehead atoms. The summed E-state index contributed by atoms with van der Waals surface area (Å²) in [4.78, 5) is 27.3. The van der Waals surface area contributed by atoms with Gasteiger partial charge in [-0.25, -0.2) is 0 Å². The number of anilines is 1. The first-order chi connectivity index (χ1) is 13.8. The summed E-state index contributed by atoms with van der Waals surface area (Å²) < 4.78 is 0.805. The molecule has 7 heteroatoms. The third kappa shape index (κ3) is 5.58. The van der Waals surface area contributed by atoms with Gasteiger partial charge in [0.1, 0.15) is 5.75 Å². The van der Waals surface area contributed by atoms with Gasteiger partial charge in [0.05, 0.1) is 5.56 Å². The van der Waals surface area contributed by atoms with Crippen molar-refractivity contribution >= 4 is 33.4 Å². The van der Waals surface area contributed by atoms with Crippen LogP contribution in [-0.4, -0.2) is 47.0 Å². The molecule has 2 amide bonds. The van der Waals surface area contributed by atoms with E-state index in [1.165, 1.54) is 12.1 Å². The van der Waals surface area contributed by atoms with Gasteiger partial charge < -0.3 is 20.6 Å². The number of halogens is 1. The van der Waals surface area contributed by atoms with Gasteiger partial charge in [0.25, 0.3) is 11.8 Å². The number of piperidine rings is 1. The Morgan fingerprint density at radius 3 is 2.45 bits per heavy atom. The monoisotopic (exact) mass is 459 g/mol. The number of benzene rings is 2. The molecule has 2 aromatic carbocycles. The van der Waals surface area contributed by atoms with Gasteiger partial charge in [-0.1, -0.05) is 22.0 Å². The van der Waals surface area contributed by atoms with E-state index < -0.39 is 0 Å². The van der Waals surface area contributed by atoms with Crippen molar-refractivity contribution in [2.75, 3.05) is 18.4 Å². The molecule has 2 aromatic rings. The quantitative estimate of drug-likeness (QED) is 0.630. The van der Waals surface area contributed by atoms with E-state index in [1.54, 1.807) is 24.3 Å². The molecule has 3 N–H and O–H groups in total. The maximum absolute atomic E-state index is 12.6. The summed E-state index contributed by atoms with van der Waals surface area (Å²) in [5, 5.41) is 16.0. The fourth-order valence-corrected chi connectivity index (χ4v) is 3.86. The van der Waals surface area contributed by atoms with E-state index in [4.69, 9.17) is 0 Å². The molecule has 0 saturated carbocycles. The Hall–Kier alpha value is -2.38. The molecule has 29 heavy (non-hydrogen) atoms. The molecule has 1 saturated heterocycles.